The predicted molar refractivity (Wildman–Crippen MR) is 80.6 cm³/mol. The third kappa shape index (κ3) is 4.07. The highest BCUT2D eigenvalue weighted by Gasteiger charge is 2.25. The molecule has 0 saturated heterocycles. The predicted octanol–water partition coefficient (Wildman–Crippen LogP) is 3.52. The molecule has 1 aliphatic carbocycles. The van der Waals surface area contributed by atoms with Crippen molar-refractivity contribution in [3.05, 3.63) is 35.4 Å². The van der Waals surface area contributed by atoms with Gasteiger partial charge in [-0.15, -0.1) is 0 Å². The Kier molecular flexibility index (Phi) is 5.60. The molecule has 1 N–H and O–H groups in total. The summed E-state index contributed by atoms with van der Waals surface area (Å²) in [6.07, 6.45) is 7.43. The summed E-state index contributed by atoms with van der Waals surface area (Å²) in [5.41, 5.74) is 2.17. The summed E-state index contributed by atoms with van der Waals surface area (Å²) in [7, 11) is 1.46. The average Bonchev–Trinajstić information content (AvgIpc) is 2.72. The van der Waals surface area contributed by atoms with Gasteiger partial charge in [0, 0.05) is 6.04 Å². The SMILES string of the molecule is COC(=O)C(NC1CCCCCC1)c1cccc(C)c1. The van der Waals surface area contributed by atoms with Gasteiger partial charge in [-0.2, -0.15) is 0 Å². The van der Waals surface area contributed by atoms with Crippen molar-refractivity contribution >= 4 is 5.97 Å². The number of hydrogen-bond acceptors (Lipinski definition) is 3. The van der Waals surface area contributed by atoms with Crippen molar-refractivity contribution in [2.24, 2.45) is 0 Å². The molecule has 0 aliphatic heterocycles. The lowest BCUT2D eigenvalue weighted by Crippen LogP contribution is -2.37. The molecule has 1 atom stereocenters. The van der Waals surface area contributed by atoms with Crippen molar-refractivity contribution in [3.63, 3.8) is 0 Å². The Labute approximate surface area is 121 Å². The number of methoxy groups -OCH3 is 1. The Morgan fingerprint density at radius 2 is 1.95 bits per heavy atom. The van der Waals surface area contributed by atoms with E-state index in [9.17, 15) is 4.79 Å². The van der Waals surface area contributed by atoms with Crippen molar-refractivity contribution in [1.29, 1.82) is 0 Å². The number of esters is 1. The Morgan fingerprint density at radius 3 is 2.55 bits per heavy atom. The first-order chi connectivity index (χ1) is 9.70. The minimum Gasteiger partial charge on any atom is -0.468 e. The Balaban J connectivity index is 2.12. The maximum absolute atomic E-state index is 12.1. The smallest absolute Gasteiger partial charge is 0.327 e. The van der Waals surface area contributed by atoms with E-state index in [4.69, 9.17) is 4.74 Å². The molecule has 0 amide bonds. The van der Waals surface area contributed by atoms with Crippen LogP contribution in [0.25, 0.3) is 0 Å². The molecule has 1 saturated carbocycles. The van der Waals surface area contributed by atoms with Gasteiger partial charge >= 0.3 is 5.97 Å². The molecule has 1 aliphatic rings. The van der Waals surface area contributed by atoms with Crippen molar-refractivity contribution in [2.45, 2.75) is 57.5 Å². The molecule has 0 radical (unpaired) electrons. The summed E-state index contributed by atoms with van der Waals surface area (Å²) < 4.78 is 4.98. The molecule has 0 spiro atoms. The van der Waals surface area contributed by atoms with Crippen LogP contribution < -0.4 is 5.32 Å². The lowest BCUT2D eigenvalue weighted by molar-refractivity contribution is -0.143. The zero-order chi connectivity index (χ0) is 14.4. The fourth-order valence-corrected chi connectivity index (χ4v) is 2.95. The number of carbonyl (C=O) groups is 1. The molecule has 110 valence electrons. The van der Waals surface area contributed by atoms with E-state index in [1.54, 1.807) is 0 Å². The van der Waals surface area contributed by atoms with E-state index in [0.717, 1.165) is 18.4 Å². The molecule has 0 heterocycles. The molecule has 0 aromatic heterocycles. The molecule has 1 aromatic carbocycles. The Hall–Kier alpha value is -1.35. The van der Waals surface area contributed by atoms with E-state index in [2.05, 4.69) is 11.4 Å². The van der Waals surface area contributed by atoms with Gasteiger partial charge in [0.25, 0.3) is 0 Å². The van der Waals surface area contributed by atoms with Gasteiger partial charge in [-0.3, -0.25) is 5.32 Å². The number of nitrogens with one attached hydrogen (secondary N) is 1. The number of carbonyl (C=O) groups excluding carboxylic acids is 1. The van der Waals surface area contributed by atoms with E-state index >= 15 is 0 Å². The van der Waals surface area contributed by atoms with Crippen molar-refractivity contribution < 1.29 is 9.53 Å². The van der Waals surface area contributed by atoms with E-state index in [-0.39, 0.29) is 12.0 Å². The molecule has 3 heteroatoms. The second kappa shape index (κ2) is 7.44. The number of benzene rings is 1. The quantitative estimate of drug-likeness (QED) is 0.675. The van der Waals surface area contributed by atoms with Crippen molar-refractivity contribution in [1.82, 2.24) is 5.32 Å². The normalized spacial score (nSPS) is 18.3. The maximum atomic E-state index is 12.1. The first kappa shape index (κ1) is 15.0. The van der Waals surface area contributed by atoms with Gasteiger partial charge in [0.05, 0.1) is 7.11 Å². The van der Waals surface area contributed by atoms with Crippen LogP contribution in [-0.4, -0.2) is 19.1 Å². The third-order valence-electron chi connectivity index (χ3n) is 4.07. The maximum Gasteiger partial charge on any atom is 0.327 e. The fraction of sp³-hybridized carbons (Fsp3) is 0.588. The van der Waals surface area contributed by atoms with Gasteiger partial charge in [0.1, 0.15) is 6.04 Å². The zero-order valence-electron chi connectivity index (χ0n) is 12.5. The molecular weight excluding hydrogens is 250 g/mol. The summed E-state index contributed by atoms with van der Waals surface area (Å²) in [5.74, 6) is -0.195. The molecular formula is C17H25NO2. The summed E-state index contributed by atoms with van der Waals surface area (Å²) in [4.78, 5) is 12.1. The number of ether oxygens (including phenoxy) is 1. The summed E-state index contributed by atoms with van der Waals surface area (Å²) in [5, 5.41) is 3.52. The van der Waals surface area contributed by atoms with E-state index in [1.165, 1.54) is 38.4 Å². The monoisotopic (exact) mass is 275 g/mol. The third-order valence-corrected chi connectivity index (χ3v) is 4.07. The largest absolute Gasteiger partial charge is 0.468 e. The Bertz CT molecular complexity index is 436. The summed E-state index contributed by atoms with van der Waals surface area (Å²) in [6.45, 7) is 2.05. The minimum absolute atomic E-state index is 0.195. The van der Waals surface area contributed by atoms with Crippen LogP contribution in [0.4, 0.5) is 0 Å². The number of aryl methyl sites for hydroxylation is 1. The zero-order valence-corrected chi connectivity index (χ0v) is 12.5. The Morgan fingerprint density at radius 1 is 1.25 bits per heavy atom. The second-order valence-electron chi connectivity index (χ2n) is 5.73. The molecule has 1 fully saturated rings. The second-order valence-corrected chi connectivity index (χ2v) is 5.73. The number of rotatable bonds is 4. The fourth-order valence-electron chi connectivity index (χ4n) is 2.95. The van der Waals surface area contributed by atoms with E-state index < -0.39 is 0 Å². The van der Waals surface area contributed by atoms with Crippen LogP contribution in [0.5, 0.6) is 0 Å². The minimum atomic E-state index is -0.344. The van der Waals surface area contributed by atoms with Crippen LogP contribution in [0.15, 0.2) is 24.3 Å². The first-order valence-electron chi connectivity index (χ1n) is 7.61. The van der Waals surface area contributed by atoms with Crippen LogP contribution in [0.2, 0.25) is 0 Å². The topological polar surface area (TPSA) is 38.3 Å². The standard InChI is InChI=1S/C17H25NO2/c1-13-8-7-9-14(12-13)16(17(19)20-2)18-15-10-5-3-4-6-11-15/h7-9,12,15-16,18H,3-6,10-11H2,1-2H3. The van der Waals surface area contributed by atoms with Gasteiger partial charge < -0.3 is 4.74 Å². The first-order valence-corrected chi connectivity index (χ1v) is 7.61. The average molecular weight is 275 g/mol. The van der Waals surface area contributed by atoms with Gasteiger partial charge in [-0.25, -0.2) is 4.79 Å². The molecule has 1 unspecified atom stereocenters. The van der Waals surface area contributed by atoms with Crippen LogP contribution in [-0.2, 0) is 9.53 Å². The van der Waals surface area contributed by atoms with Crippen molar-refractivity contribution in [2.75, 3.05) is 7.11 Å². The highest BCUT2D eigenvalue weighted by Crippen LogP contribution is 2.22. The van der Waals surface area contributed by atoms with E-state index in [1.807, 2.05) is 25.1 Å². The van der Waals surface area contributed by atoms with Gasteiger partial charge in [-0.1, -0.05) is 55.5 Å². The highest BCUT2D eigenvalue weighted by molar-refractivity contribution is 5.77. The van der Waals surface area contributed by atoms with Crippen LogP contribution >= 0.6 is 0 Å². The number of hydrogen-bond donors (Lipinski definition) is 1. The molecule has 1 aromatic rings. The van der Waals surface area contributed by atoms with Gasteiger partial charge in [-0.05, 0) is 25.3 Å². The lowest BCUT2D eigenvalue weighted by Gasteiger charge is -2.23. The van der Waals surface area contributed by atoms with Crippen LogP contribution in [0.3, 0.4) is 0 Å². The van der Waals surface area contributed by atoms with Crippen LogP contribution in [0.1, 0.15) is 55.7 Å². The van der Waals surface area contributed by atoms with Gasteiger partial charge in [0.15, 0.2) is 0 Å². The molecule has 3 nitrogen and oxygen atoms in total. The highest BCUT2D eigenvalue weighted by atomic mass is 16.5. The van der Waals surface area contributed by atoms with Crippen LogP contribution in [0, 0.1) is 6.92 Å². The summed E-state index contributed by atoms with van der Waals surface area (Å²) >= 11 is 0. The van der Waals surface area contributed by atoms with Gasteiger partial charge in [0.2, 0.25) is 0 Å². The lowest BCUT2D eigenvalue weighted by atomic mass is 10.0. The summed E-state index contributed by atoms with van der Waals surface area (Å²) in [6, 6.07) is 8.17. The molecule has 2 rings (SSSR count). The van der Waals surface area contributed by atoms with E-state index in [0.29, 0.717) is 6.04 Å². The van der Waals surface area contributed by atoms with Crippen molar-refractivity contribution in [3.8, 4) is 0 Å². The molecule has 20 heavy (non-hydrogen) atoms. The molecule has 0 bridgehead atoms.